The fourth-order valence-electron chi connectivity index (χ4n) is 3.98. The molecule has 5 rings (SSSR count). The Kier molecular flexibility index (Phi) is 3.58. The van der Waals surface area contributed by atoms with Gasteiger partial charge in [0, 0.05) is 36.3 Å². The van der Waals surface area contributed by atoms with Crippen molar-refractivity contribution in [3.05, 3.63) is 35.9 Å². The first-order valence-corrected chi connectivity index (χ1v) is 9.30. The van der Waals surface area contributed by atoms with Crippen LogP contribution in [0.5, 0.6) is 0 Å². The summed E-state index contributed by atoms with van der Waals surface area (Å²) < 4.78 is 2.48. The lowest BCUT2D eigenvalue weighted by Gasteiger charge is -2.32. The second-order valence-corrected chi connectivity index (χ2v) is 7.56. The average molecular weight is 324 g/mol. The van der Waals surface area contributed by atoms with Gasteiger partial charge in [-0.25, -0.2) is 9.97 Å². The van der Waals surface area contributed by atoms with Gasteiger partial charge in [0.15, 0.2) is 0 Å². The number of piperidine rings is 1. The smallest absolute Gasteiger partial charge is 0.147 e. The van der Waals surface area contributed by atoms with Crippen molar-refractivity contribution in [2.24, 2.45) is 0 Å². The molecule has 0 spiro atoms. The van der Waals surface area contributed by atoms with Crippen molar-refractivity contribution in [1.29, 1.82) is 0 Å². The predicted molar refractivity (Wildman–Crippen MR) is 89.6 cm³/mol. The summed E-state index contributed by atoms with van der Waals surface area (Å²) in [4.78, 5) is 11.0. The summed E-state index contributed by atoms with van der Waals surface area (Å²) >= 11 is 0. The van der Waals surface area contributed by atoms with Gasteiger partial charge < -0.3 is 4.57 Å². The number of hydrogen-bond acceptors (Lipinski definition) is 5. The lowest BCUT2D eigenvalue weighted by atomic mass is 9.94. The molecule has 2 aromatic heterocycles. The van der Waals surface area contributed by atoms with Crippen LogP contribution in [0.15, 0.2) is 18.6 Å². The SMILES string of the molecule is c1cc(C2CCCN(Cc3nnc(C4CC4)n3C3CC3)C2)ncn1. The van der Waals surface area contributed by atoms with E-state index in [1.54, 1.807) is 6.33 Å². The third kappa shape index (κ3) is 2.83. The van der Waals surface area contributed by atoms with Crippen LogP contribution in [0.1, 0.15) is 73.7 Å². The van der Waals surface area contributed by atoms with E-state index in [9.17, 15) is 0 Å². The lowest BCUT2D eigenvalue weighted by Crippen LogP contribution is -2.35. The van der Waals surface area contributed by atoms with Gasteiger partial charge in [0.05, 0.1) is 6.54 Å². The molecule has 1 saturated heterocycles. The highest BCUT2D eigenvalue weighted by molar-refractivity contribution is 5.13. The van der Waals surface area contributed by atoms with E-state index in [1.807, 2.05) is 6.20 Å². The van der Waals surface area contributed by atoms with Crippen molar-refractivity contribution in [3.63, 3.8) is 0 Å². The summed E-state index contributed by atoms with van der Waals surface area (Å²) in [6, 6.07) is 2.74. The molecule has 2 aromatic rings. The molecule has 6 heteroatoms. The molecule has 2 aliphatic carbocycles. The Balaban J connectivity index is 1.33. The molecule has 24 heavy (non-hydrogen) atoms. The average Bonchev–Trinajstić information content (AvgIpc) is 3.55. The third-order valence-corrected chi connectivity index (χ3v) is 5.54. The van der Waals surface area contributed by atoms with E-state index < -0.39 is 0 Å². The summed E-state index contributed by atoms with van der Waals surface area (Å²) in [7, 11) is 0. The monoisotopic (exact) mass is 324 g/mol. The maximum Gasteiger partial charge on any atom is 0.147 e. The molecule has 0 radical (unpaired) electrons. The van der Waals surface area contributed by atoms with Gasteiger partial charge in [0.2, 0.25) is 0 Å². The number of likely N-dealkylation sites (tertiary alicyclic amines) is 1. The Morgan fingerprint density at radius 2 is 1.96 bits per heavy atom. The molecule has 0 bridgehead atoms. The zero-order chi connectivity index (χ0) is 15.9. The number of rotatable bonds is 5. The minimum atomic E-state index is 0.516. The second-order valence-electron chi connectivity index (χ2n) is 7.56. The molecular formula is C18H24N6. The molecule has 6 nitrogen and oxygen atoms in total. The standard InChI is InChI=1S/C18H24N6/c1-2-14(16-7-8-19-12-20-16)10-23(9-1)11-17-21-22-18(13-3-4-13)24(17)15-5-6-15/h7-8,12-15H,1-6,9-11H2. The van der Waals surface area contributed by atoms with E-state index in [0.29, 0.717) is 17.9 Å². The molecule has 3 fully saturated rings. The van der Waals surface area contributed by atoms with E-state index >= 15 is 0 Å². The van der Waals surface area contributed by atoms with E-state index in [4.69, 9.17) is 0 Å². The van der Waals surface area contributed by atoms with Gasteiger partial charge in [-0.1, -0.05) is 0 Å². The summed E-state index contributed by atoms with van der Waals surface area (Å²) in [5, 5.41) is 9.12. The van der Waals surface area contributed by atoms with Gasteiger partial charge >= 0.3 is 0 Å². The van der Waals surface area contributed by atoms with Crippen LogP contribution in [0.3, 0.4) is 0 Å². The predicted octanol–water partition coefficient (Wildman–Crippen LogP) is 2.66. The molecule has 1 unspecified atom stereocenters. The van der Waals surface area contributed by atoms with Crippen LogP contribution < -0.4 is 0 Å². The fourth-order valence-corrected chi connectivity index (χ4v) is 3.98. The molecule has 0 aromatic carbocycles. The van der Waals surface area contributed by atoms with Crippen molar-refractivity contribution in [2.75, 3.05) is 13.1 Å². The summed E-state index contributed by atoms with van der Waals surface area (Å²) in [6.07, 6.45) is 11.2. The molecule has 1 atom stereocenters. The number of hydrogen-bond donors (Lipinski definition) is 0. The molecule has 3 heterocycles. The van der Waals surface area contributed by atoms with Gasteiger partial charge in [-0.2, -0.15) is 0 Å². The number of aromatic nitrogens is 5. The Morgan fingerprint density at radius 1 is 1.04 bits per heavy atom. The Morgan fingerprint density at radius 3 is 2.71 bits per heavy atom. The molecule has 0 amide bonds. The molecular weight excluding hydrogens is 300 g/mol. The van der Waals surface area contributed by atoms with Crippen molar-refractivity contribution in [3.8, 4) is 0 Å². The zero-order valence-corrected chi connectivity index (χ0v) is 14.0. The first-order valence-electron chi connectivity index (χ1n) is 9.30. The van der Waals surface area contributed by atoms with Crippen LogP contribution in [0.25, 0.3) is 0 Å². The summed E-state index contributed by atoms with van der Waals surface area (Å²) in [6.45, 7) is 3.14. The highest BCUT2D eigenvalue weighted by atomic mass is 15.3. The van der Waals surface area contributed by atoms with Crippen LogP contribution >= 0.6 is 0 Å². The largest absolute Gasteiger partial charge is 0.311 e. The first-order chi connectivity index (χ1) is 11.9. The van der Waals surface area contributed by atoms with Crippen molar-refractivity contribution in [2.45, 2.75) is 62.9 Å². The van der Waals surface area contributed by atoms with Crippen molar-refractivity contribution >= 4 is 0 Å². The quantitative estimate of drug-likeness (QED) is 0.846. The molecule has 126 valence electrons. The van der Waals surface area contributed by atoms with Gasteiger partial charge in [-0.05, 0) is 51.1 Å². The van der Waals surface area contributed by atoms with Gasteiger partial charge in [-0.15, -0.1) is 10.2 Å². The number of nitrogens with zero attached hydrogens (tertiary/aromatic N) is 6. The minimum absolute atomic E-state index is 0.516. The van der Waals surface area contributed by atoms with Crippen LogP contribution in [0, 0.1) is 0 Å². The topological polar surface area (TPSA) is 59.7 Å². The third-order valence-electron chi connectivity index (χ3n) is 5.54. The highest BCUT2D eigenvalue weighted by Crippen LogP contribution is 2.44. The Hall–Kier alpha value is -1.82. The van der Waals surface area contributed by atoms with E-state index in [1.165, 1.54) is 55.9 Å². The van der Waals surface area contributed by atoms with Gasteiger partial charge in [-0.3, -0.25) is 4.90 Å². The summed E-state index contributed by atoms with van der Waals surface area (Å²) in [5.74, 6) is 3.64. The molecule has 3 aliphatic rings. The normalized spacial score (nSPS) is 25.1. The van der Waals surface area contributed by atoms with E-state index in [0.717, 1.165) is 19.6 Å². The van der Waals surface area contributed by atoms with Crippen LogP contribution in [-0.4, -0.2) is 42.7 Å². The van der Waals surface area contributed by atoms with Gasteiger partial charge in [0.1, 0.15) is 18.0 Å². The van der Waals surface area contributed by atoms with Crippen molar-refractivity contribution < 1.29 is 0 Å². The summed E-state index contributed by atoms with van der Waals surface area (Å²) in [5.41, 5.74) is 1.18. The van der Waals surface area contributed by atoms with Crippen LogP contribution in [-0.2, 0) is 6.54 Å². The molecule has 2 saturated carbocycles. The Labute approximate surface area is 142 Å². The van der Waals surface area contributed by atoms with E-state index in [2.05, 4.69) is 35.7 Å². The first kappa shape index (κ1) is 14.5. The van der Waals surface area contributed by atoms with Crippen LogP contribution in [0.2, 0.25) is 0 Å². The van der Waals surface area contributed by atoms with Crippen molar-refractivity contribution in [1.82, 2.24) is 29.6 Å². The van der Waals surface area contributed by atoms with Gasteiger partial charge in [0.25, 0.3) is 0 Å². The Bertz CT molecular complexity index is 704. The maximum atomic E-state index is 4.58. The second kappa shape index (κ2) is 5.92. The van der Waals surface area contributed by atoms with E-state index in [-0.39, 0.29) is 0 Å². The maximum absolute atomic E-state index is 4.58. The molecule has 0 N–H and O–H groups in total. The van der Waals surface area contributed by atoms with Crippen LogP contribution in [0.4, 0.5) is 0 Å². The minimum Gasteiger partial charge on any atom is -0.311 e. The fraction of sp³-hybridized carbons (Fsp3) is 0.667. The lowest BCUT2D eigenvalue weighted by molar-refractivity contribution is 0.191. The highest BCUT2D eigenvalue weighted by Gasteiger charge is 2.36. The zero-order valence-electron chi connectivity index (χ0n) is 14.0. The molecule has 1 aliphatic heterocycles.